The van der Waals surface area contributed by atoms with E-state index in [9.17, 15) is 9.00 Å². The third-order valence-electron chi connectivity index (χ3n) is 3.30. The van der Waals surface area contributed by atoms with Gasteiger partial charge in [-0.1, -0.05) is 18.0 Å². The van der Waals surface area contributed by atoms with Gasteiger partial charge in [0.25, 0.3) is 0 Å². The topological polar surface area (TPSA) is 58.2 Å². The Labute approximate surface area is 126 Å². The van der Waals surface area contributed by atoms with Crippen LogP contribution in [0.25, 0.3) is 0 Å². The van der Waals surface area contributed by atoms with Crippen LogP contribution >= 0.6 is 11.6 Å². The maximum atomic E-state index is 12.1. The normalized spacial score (nSPS) is 20.4. The molecule has 1 aliphatic heterocycles. The van der Waals surface area contributed by atoms with E-state index in [2.05, 4.69) is 10.6 Å². The summed E-state index contributed by atoms with van der Waals surface area (Å²) in [5.41, 5.74) is 1.49. The van der Waals surface area contributed by atoms with Crippen LogP contribution in [0, 0.1) is 0 Å². The molecule has 0 spiro atoms. The summed E-state index contributed by atoms with van der Waals surface area (Å²) < 4.78 is 11.3. The molecule has 1 saturated heterocycles. The molecule has 110 valence electrons. The summed E-state index contributed by atoms with van der Waals surface area (Å²) in [5.74, 6) is 0.375. The van der Waals surface area contributed by atoms with Crippen LogP contribution in [0.3, 0.4) is 0 Å². The molecule has 1 aromatic carbocycles. The molecule has 0 saturated carbocycles. The zero-order valence-corrected chi connectivity index (χ0v) is 13.0. The molecule has 4 nitrogen and oxygen atoms in total. The number of carbonyl (C=O) groups is 1. The van der Waals surface area contributed by atoms with Crippen molar-refractivity contribution in [3.8, 4) is 0 Å². The monoisotopic (exact) mass is 314 g/mol. The Morgan fingerprint density at radius 2 is 2.30 bits per heavy atom. The van der Waals surface area contributed by atoms with Gasteiger partial charge in [0, 0.05) is 33.5 Å². The van der Waals surface area contributed by atoms with Crippen molar-refractivity contribution in [3.63, 3.8) is 0 Å². The summed E-state index contributed by atoms with van der Waals surface area (Å²) in [6.45, 7) is 0.888. The van der Waals surface area contributed by atoms with E-state index < -0.39 is 10.8 Å². The number of hydrogen-bond donors (Lipinski definition) is 2. The SMILES string of the molecule is CS(=O)Cc1cc(NC(=O)C2CCCCN2)ccc1Cl. The first kappa shape index (κ1) is 15.5. The van der Waals surface area contributed by atoms with Crippen molar-refractivity contribution < 1.29 is 9.00 Å². The zero-order chi connectivity index (χ0) is 14.5. The van der Waals surface area contributed by atoms with E-state index in [1.54, 1.807) is 24.5 Å². The number of piperidine rings is 1. The second kappa shape index (κ2) is 7.20. The summed E-state index contributed by atoms with van der Waals surface area (Å²) in [6.07, 6.45) is 4.70. The molecule has 1 amide bonds. The minimum atomic E-state index is -0.962. The Morgan fingerprint density at radius 3 is 2.95 bits per heavy atom. The average molecular weight is 315 g/mol. The lowest BCUT2D eigenvalue weighted by Gasteiger charge is -2.22. The van der Waals surface area contributed by atoms with E-state index in [4.69, 9.17) is 11.6 Å². The van der Waals surface area contributed by atoms with E-state index in [1.165, 1.54) is 0 Å². The van der Waals surface area contributed by atoms with E-state index in [1.807, 2.05) is 0 Å². The first-order valence-electron chi connectivity index (χ1n) is 6.69. The third-order valence-corrected chi connectivity index (χ3v) is 4.39. The summed E-state index contributed by atoms with van der Waals surface area (Å²) >= 11 is 6.07. The number of anilines is 1. The fourth-order valence-corrected chi connectivity index (χ4v) is 3.23. The zero-order valence-electron chi connectivity index (χ0n) is 11.4. The number of nitrogens with one attached hydrogen (secondary N) is 2. The standard InChI is InChI=1S/C14H19ClN2O2S/c1-20(19)9-10-8-11(5-6-12(10)15)17-14(18)13-4-2-3-7-16-13/h5-6,8,13,16H,2-4,7,9H2,1H3,(H,17,18). The number of amides is 1. The molecule has 1 heterocycles. The van der Waals surface area contributed by atoms with Gasteiger partial charge in [-0.15, -0.1) is 0 Å². The first-order chi connectivity index (χ1) is 9.56. The molecule has 1 aromatic rings. The van der Waals surface area contributed by atoms with Gasteiger partial charge in [-0.25, -0.2) is 0 Å². The fourth-order valence-electron chi connectivity index (χ4n) is 2.29. The summed E-state index contributed by atoms with van der Waals surface area (Å²) in [6, 6.07) is 5.17. The number of benzene rings is 1. The molecular weight excluding hydrogens is 296 g/mol. The fraction of sp³-hybridized carbons (Fsp3) is 0.500. The predicted molar refractivity (Wildman–Crippen MR) is 83.5 cm³/mol. The van der Waals surface area contributed by atoms with Crippen molar-refractivity contribution in [2.24, 2.45) is 0 Å². The van der Waals surface area contributed by atoms with Gasteiger partial charge in [-0.05, 0) is 43.1 Å². The minimum absolute atomic E-state index is 0.0180. The van der Waals surface area contributed by atoms with E-state index >= 15 is 0 Å². The van der Waals surface area contributed by atoms with Crippen molar-refractivity contribution in [2.45, 2.75) is 31.1 Å². The highest BCUT2D eigenvalue weighted by Gasteiger charge is 2.20. The number of halogens is 1. The molecule has 2 N–H and O–H groups in total. The Kier molecular flexibility index (Phi) is 5.57. The molecule has 2 unspecified atom stereocenters. The van der Waals surface area contributed by atoms with E-state index in [-0.39, 0.29) is 11.9 Å². The van der Waals surface area contributed by atoms with E-state index in [0.717, 1.165) is 31.4 Å². The van der Waals surface area contributed by atoms with Gasteiger partial charge < -0.3 is 10.6 Å². The maximum Gasteiger partial charge on any atom is 0.241 e. The molecular formula is C14H19ClN2O2S. The Morgan fingerprint density at radius 1 is 1.50 bits per heavy atom. The van der Waals surface area contributed by atoms with Crippen molar-refractivity contribution in [1.82, 2.24) is 5.32 Å². The summed E-state index contributed by atoms with van der Waals surface area (Å²) in [4.78, 5) is 12.1. The lowest BCUT2D eigenvalue weighted by Crippen LogP contribution is -2.43. The van der Waals surface area contributed by atoms with Crippen LogP contribution in [-0.2, 0) is 21.3 Å². The molecule has 0 aromatic heterocycles. The highest BCUT2D eigenvalue weighted by Crippen LogP contribution is 2.22. The van der Waals surface area contributed by atoms with Crippen LogP contribution in [0.2, 0.25) is 5.02 Å². The van der Waals surface area contributed by atoms with Crippen LogP contribution < -0.4 is 10.6 Å². The van der Waals surface area contributed by atoms with Crippen LogP contribution in [0.1, 0.15) is 24.8 Å². The van der Waals surface area contributed by atoms with Gasteiger partial charge in [0.15, 0.2) is 0 Å². The third kappa shape index (κ3) is 4.30. The van der Waals surface area contributed by atoms with Crippen molar-refractivity contribution in [3.05, 3.63) is 28.8 Å². The molecule has 20 heavy (non-hydrogen) atoms. The van der Waals surface area contributed by atoms with Gasteiger partial charge in [-0.3, -0.25) is 9.00 Å². The van der Waals surface area contributed by atoms with Crippen LogP contribution in [0.4, 0.5) is 5.69 Å². The molecule has 6 heteroatoms. The average Bonchev–Trinajstić information content (AvgIpc) is 2.43. The molecule has 2 rings (SSSR count). The highest BCUT2D eigenvalue weighted by atomic mass is 35.5. The van der Waals surface area contributed by atoms with Gasteiger partial charge >= 0.3 is 0 Å². The van der Waals surface area contributed by atoms with E-state index in [0.29, 0.717) is 16.5 Å². The Balaban J connectivity index is 2.05. The Hall–Kier alpha value is -0.910. The molecule has 2 atom stereocenters. The highest BCUT2D eigenvalue weighted by molar-refractivity contribution is 7.83. The smallest absolute Gasteiger partial charge is 0.241 e. The van der Waals surface area contributed by atoms with Crippen LogP contribution in [0.5, 0.6) is 0 Å². The van der Waals surface area contributed by atoms with Crippen molar-refractivity contribution in [1.29, 1.82) is 0 Å². The summed E-state index contributed by atoms with van der Waals surface area (Å²) in [7, 11) is -0.962. The van der Waals surface area contributed by atoms with Crippen molar-refractivity contribution in [2.75, 3.05) is 18.1 Å². The summed E-state index contributed by atoms with van der Waals surface area (Å²) in [5, 5.41) is 6.68. The van der Waals surface area contributed by atoms with Crippen molar-refractivity contribution >= 4 is 34.0 Å². The van der Waals surface area contributed by atoms with Crippen LogP contribution in [-0.4, -0.2) is 29.0 Å². The maximum absolute atomic E-state index is 12.1. The van der Waals surface area contributed by atoms with Crippen LogP contribution in [0.15, 0.2) is 18.2 Å². The molecule has 0 radical (unpaired) electrons. The number of hydrogen-bond acceptors (Lipinski definition) is 3. The number of rotatable bonds is 4. The quantitative estimate of drug-likeness (QED) is 0.896. The molecule has 1 fully saturated rings. The minimum Gasteiger partial charge on any atom is -0.325 e. The second-order valence-corrected chi connectivity index (χ2v) is 6.86. The van der Waals surface area contributed by atoms with Gasteiger partial charge in [0.2, 0.25) is 5.91 Å². The predicted octanol–water partition coefficient (Wildman–Crippen LogP) is 2.30. The lowest BCUT2D eigenvalue weighted by atomic mass is 10.0. The molecule has 0 bridgehead atoms. The lowest BCUT2D eigenvalue weighted by molar-refractivity contribution is -0.118. The Bertz CT molecular complexity index is 516. The number of carbonyl (C=O) groups excluding carboxylic acids is 1. The van der Waals surface area contributed by atoms with Gasteiger partial charge in [-0.2, -0.15) is 0 Å². The first-order valence-corrected chi connectivity index (χ1v) is 8.79. The van der Waals surface area contributed by atoms with Gasteiger partial charge in [0.1, 0.15) is 0 Å². The molecule has 1 aliphatic rings. The van der Waals surface area contributed by atoms with Gasteiger partial charge in [0.05, 0.1) is 6.04 Å². The largest absolute Gasteiger partial charge is 0.325 e. The second-order valence-electron chi connectivity index (χ2n) is 5.02. The molecule has 0 aliphatic carbocycles.